The van der Waals surface area contributed by atoms with Gasteiger partial charge in [-0.25, -0.2) is 9.97 Å². The summed E-state index contributed by atoms with van der Waals surface area (Å²) in [6.07, 6.45) is 9.97. The molecule has 0 atom stereocenters. The van der Waals surface area contributed by atoms with E-state index in [2.05, 4.69) is 34.7 Å². The molecule has 1 aliphatic heterocycles. The van der Waals surface area contributed by atoms with Gasteiger partial charge in [-0.05, 0) is 25.7 Å². The second-order valence-corrected chi connectivity index (χ2v) is 8.64. The highest BCUT2D eigenvalue weighted by atomic mass is 16.2. The summed E-state index contributed by atoms with van der Waals surface area (Å²) in [5, 5.41) is 0. The van der Waals surface area contributed by atoms with E-state index in [0.29, 0.717) is 11.8 Å². The number of nitrogens with zero attached hydrogens (tertiary/aromatic N) is 4. The zero-order valence-electron chi connectivity index (χ0n) is 17.4. The van der Waals surface area contributed by atoms with Crippen LogP contribution < -0.4 is 4.90 Å². The Bertz CT molecular complexity index is 617. The minimum Gasteiger partial charge on any atom is -0.353 e. The molecule has 0 N–H and O–H groups in total. The average molecular weight is 373 g/mol. The van der Waals surface area contributed by atoms with Gasteiger partial charge < -0.3 is 9.80 Å². The van der Waals surface area contributed by atoms with Gasteiger partial charge in [-0.1, -0.05) is 46.0 Å². The number of aryl methyl sites for hydroxylation is 1. The first-order valence-corrected chi connectivity index (χ1v) is 10.9. The van der Waals surface area contributed by atoms with Crippen molar-refractivity contribution in [2.75, 3.05) is 31.1 Å². The zero-order chi connectivity index (χ0) is 19.2. The molecule has 1 aromatic heterocycles. The van der Waals surface area contributed by atoms with Crippen LogP contribution in [0.1, 0.15) is 82.7 Å². The van der Waals surface area contributed by atoms with Crippen LogP contribution in [0.2, 0.25) is 0 Å². The van der Waals surface area contributed by atoms with Crippen molar-refractivity contribution < 1.29 is 4.79 Å². The van der Waals surface area contributed by atoms with Gasteiger partial charge in [0.05, 0.1) is 0 Å². The Labute approximate surface area is 164 Å². The number of amides is 1. The summed E-state index contributed by atoms with van der Waals surface area (Å²) in [7, 11) is 0. The second-order valence-electron chi connectivity index (χ2n) is 8.64. The lowest BCUT2D eigenvalue weighted by atomic mass is 9.86. The molecule has 1 aromatic rings. The standard InChI is InChI=1S/C22H36N4O/c1-17(2)22-23-18(3)16-20(24-22)25-12-14-26(15-13-25)21(27)11-7-10-19-8-5-4-6-9-19/h16-17,19H,4-15H2,1-3H3. The summed E-state index contributed by atoms with van der Waals surface area (Å²) in [5.41, 5.74) is 1.02. The Kier molecular flexibility index (Phi) is 7.08. The molecule has 1 saturated carbocycles. The van der Waals surface area contributed by atoms with E-state index in [-0.39, 0.29) is 0 Å². The van der Waals surface area contributed by atoms with Gasteiger partial charge in [0.2, 0.25) is 5.91 Å². The fourth-order valence-electron chi connectivity index (χ4n) is 4.36. The third-order valence-corrected chi connectivity index (χ3v) is 6.06. The zero-order valence-corrected chi connectivity index (χ0v) is 17.4. The molecule has 0 radical (unpaired) electrons. The summed E-state index contributed by atoms with van der Waals surface area (Å²) in [6.45, 7) is 9.63. The maximum absolute atomic E-state index is 12.6. The van der Waals surface area contributed by atoms with E-state index in [1.165, 1.54) is 38.5 Å². The molecule has 0 aromatic carbocycles. The van der Waals surface area contributed by atoms with Crippen molar-refractivity contribution in [1.29, 1.82) is 0 Å². The molecule has 0 unspecified atom stereocenters. The van der Waals surface area contributed by atoms with Crippen LogP contribution in [0.15, 0.2) is 6.07 Å². The van der Waals surface area contributed by atoms with Crippen molar-refractivity contribution in [2.24, 2.45) is 5.92 Å². The number of rotatable bonds is 6. The van der Waals surface area contributed by atoms with Crippen molar-refractivity contribution in [3.8, 4) is 0 Å². The molecule has 2 heterocycles. The number of carbonyl (C=O) groups is 1. The van der Waals surface area contributed by atoms with E-state index in [9.17, 15) is 4.79 Å². The quantitative estimate of drug-likeness (QED) is 0.747. The second kappa shape index (κ2) is 9.52. The lowest BCUT2D eigenvalue weighted by molar-refractivity contribution is -0.131. The lowest BCUT2D eigenvalue weighted by Gasteiger charge is -2.36. The summed E-state index contributed by atoms with van der Waals surface area (Å²) < 4.78 is 0. The average Bonchev–Trinajstić information content (AvgIpc) is 2.68. The van der Waals surface area contributed by atoms with E-state index in [0.717, 1.165) is 62.3 Å². The number of anilines is 1. The minimum atomic E-state index is 0.329. The molecular weight excluding hydrogens is 336 g/mol. The Balaban J connectivity index is 1.45. The maximum Gasteiger partial charge on any atom is 0.222 e. The third kappa shape index (κ3) is 5.66. The Morgan fingerprint density at radius 3 is 2.48 bits per heavy atom. The van der Waals surface area contributed by atoms with Crippen LogP contribution >= 0.6 is 0 Å². The highest BCUT2D eigenvalue weighted by molar-refractivity contribution is 5.76. The predicted molar refractivity (Wildman–Crippen MR) is 110 cm³/mol. The van der Waals surface area contributed by atoms with Crippen LogP contribution in [0.5, 0.6) is 0 Å². The summed E-state index contributed by atoms with van der Waals surface area (Å²) in [4.78, 5) is 26.2. The molecule has 5 heteroatoms. The van der Waals surface area contributed by atoms with Gasteiger partial charge in [0.15, 0.2) is 0 Å². The first kappa shape index (κ1) is 20.1. The smallest absolute Gasteiger partial charge is 0.222 e. The normalized spacial score (nSPS) is 19.0. The number of piperazine rings is 1. The number of carbonyl (C=O) groups excluding carboxylic acids is 1. The first-order valence-electron chi connectivity index (χ1n) is 10.9. The molecule has 0 spiro atoms. The highest BCUT2D eigenvalue weighted by Crippen LogP contribution is 2.28. The van der Waals surface area contributed by atoms with Crippen LogP contribution in [0.25, 0.3) is 0 Å². The molecule has 3 rings (SSSR count). The van der Waals surface area contributed by atoms with Gasteiger partial charge in [-0.2, -0.15) is 0 Å². The van der Waals surface area contributed by atoms with Crippen LogP contribution in [-0.2, 0) is 4.79 Å². The number of hydrogen-bond acceptors (Lipinski definition) is 4. The van der Waals surface area contributed by atoms with Crippen LogP contribution in [-0.4, -0.2) is 47.0 Å². The maximum atomic E-state index is 12.6. The molecule has 0 bridgehead atoms. The molecule has 2 fully saturated rings. The molecule has 1 saturated heterocycles. The Morgan fingerprint density at radius 1 is 1.11 bits per heavy atom. The van der Waals surface area contributed by atoms with Crippen molar-refractivity contribution in [2.45, 2.75) is 78.1 Å². The van der Waals surface area contributed by atoms with Crippen molar-refractivity contribution >= 4 is 11.7 Å². The van der Waals surface area contributed by atoms with Gasteiger partial charge in [0, 0.05) is 50.3 Å². The molecule has 27 heavy (non-hydrogen) atoms. The molecule has 1 amide bonds. The summed E-state index contributed by atoms with van der Waals surface area (Å²) in [6, 6.07) is 2.06. The van der Waals surface area contributed by atoms with Gasteiger partial charge in [0.25, 0.3) is 0 Å². The summed E-state index contributed by atoms with van der Waals surface area (Å²) >= 11 is 0. The monoisotopic (exact) mass is 372 g/mol. The fourth-order valence-corrected chi connectivity index (χ4v) is 4.36. The molecule has 1 aliphatic carbocycles. The van der Waals surface area contributed by atoms with Crippen LogP contribution in [0, 0.1) is 12.8 Å². The van der Waals surface area contributed by atoms with Crippen molar-refractivity contribution in [3.05, 3.63) is 17.6 Å². The van der Waals surface area contributed by atoms with Crippen LogP contribution in [0.4, 0.5) is 5.82 Å². The Hall–Kier alpha value is -1.65. The fraction of sp³-hybridized carbons (Fsp3) is 0.773. The number of hydrogen-bond donors (Lipinski definition) is 0. The largest absolute Gasteiger partial charge is 0.353 e. The van der Waals surface area contributed by atoms with E-state index in [4.69, 9.17) is 4.98 Å². The van der Waals surface area contributed by atoms with E-state index >= 15 is 0 Å². The predicted octanol–water partition coefficient (Wildman–Crippen LogP) is 4.31. The van der Waals surface area contributed by atoms with Gasteiger partial charge in [-0.3, -0.25) is 4.79 Å². The van der Waals surface area contributed by atoms with Gasteiger partial charge >= 0.3 is 0 Å². The molecule has 150 valence electrons. The van der Waals surface area contributed by atoms with E-state index in [1.54, 1.807) is 0 Å². The van der Waals surface area contributed by atoms with Gasteiger partial charge in [-0.15, -0.1) is 0 Å². The number of aromatic nitrogens is 2. The highest BCUT2D eigenvalue weighted by Gasteiger charge is 2.23. The SMILES string of the molecule is Cc1cc(N2CCN(C(=O)CCCC3CCCCC3)CC2)nc(C(C)C)n1. The Morgan fingerprint density at radius 2 is 1.81 bits per heavy atom. The van der Waals surface area contributed by atoms with Crippen LogP contribution in [0.3, 0.4) is 0 Å². The molecule has 2 aliphatic rings. The first-order chi connectivity index (χ1) is 13.0. The summed E-state index contributed by atoms with van der Waals surface area (Å²) in [5.74, 6) is 3.46. The molecule has 5 nitrogen and oxygen atoms in total. The van der Waals surface area contributed by atoms with E-state index < -0.39 is 0 Å². The van der Waals surface area contributed by atoms with E-state index in [1.807, 2.05) is 6.92 Å². The lowest BCUT2D eigenvalue weighted by Crippen LogP contribution is -2.49. The molecular formula is C22H36N4O. The van der Waals surface area contributed by atoms with Crippen molar-refractivity contribution in [1.82, 2.24) is 14.9 Å². The third-order valence-electron chi connectivity index (χ3n) is 6.06. The minimum absolute atomic E-state index is 0.329. The topological polar surface area (TPSA) is 49.3 Å². The van der Waals surface area contributed by atoms with Crippen molar-refractivity contribution in [3.63, 3.8) is 0 Å². The van der Waals surface area contributed by atoms with Gasteiger partial charge in [0.1, 0.15) is 11.6 Å².